The maximum Gasteiger partial charge on any atom is 0.335 e. The zero-order chi connectivity index (χ0) is 13.8. The van der Waals surface area contributed by atoms with Crippen molar-refractivity contribution in [1.82, 2.24) is 9.88 Å². The molecule has 1 atom stereocenters. The number of anilines is 1. The molecule has 1 saturated heterocycles. The van der Waals surface area contributed by atoms with Gasteiger partial charge in [0, 0.05) is 19.3 Å². The second-order valence-corrected chi connectivity index (χ2v) is 4.86. The lowest BCUT2D eigenvalue weighted by Crippen LogP contribution is -2.41. The van der Waals surface area contributed by atoms with Crippen molar-refractivity contribution in [1.29, 1.82) is 0 Å². The van der Waals surface area contributed by atoms with Gasteiger partial charge >= 0.3 is 12.0 Å². The summed E-state index contributed by atoms with van der Waals surface area (Å²) in [4.78, 5) is 28.5. The number of pyridine rings is 1. The van der Waals surface area contributed by atoms with E-state index in [2.05, 4.69) is 17.2 Å². The minimum Gasteiger partial charge on any atom is -0.478 e. The van der Waals surface area contributed by atoms with Crippen LogP contribution in [0.15, 0.2) is 18.3 Å². The van der Waals surface area contributed by atoms with Crippen molar-refractivity contribution in [2.24, 2.45) is 5.92 Å². The van der Waals surface area contributed by atoms with Crippen molar-refractivity contribution >= 4 is 17.8 Å². The van der Waals surface area contributed by atoms with Gasteiger partial charge in [-0.2, -0.15) is 0 Å². The van der Waals surface area contributed by atoms with Crippen LogP contribution in [0.3, 0.4) is 0 Å². The van der Waals surface area contributed by atoms with Crippen molar-refractivity contribution in [2.75, 3.05) is 18.4 Å². The van der Waals surface area contributed by atoms with Gasteiger partial charge in [-0.25, -0.2) is 14.6 Å². The Kier molecular flexibility index (Phi) is 3.99. The molecule has 2 amide bonds. The summed E-state index contributed by atoms with van der Waals surface area (Å²) in [6.45, 7) is 3.57. The zero-order valence-corrected chi connectivity index (χ0v) is 10.8. The Morgan fingerprint density at radius 3 is 3.00 bits per heavy atom. The number of hydrogen-bond acceptors (Lipinski definition) is 3. The fraction of sp³-hybridized carbons (Fsp3) is 0.462. The number of hydrogen-bond donors (Lipinski definition) is 2. The van der Waals surface area contributed by atoms with Crippen molar-refractivity contribution in [3.8, 4) is 0 Å². The Bertz CT molecular complexity index is 490. The minimum atomic E-state index is -1.04. The van der Waals surface area contributed by atoms with Crippen molar-refractivity contribution in [3.05, 3.63) is 23.9 Å². The number of aromatic carboxylic acids is 1. The van der Waals surface area contributed by atoms with E-state index < -0.39 is 5.97 Å². The zero-order valence-electron chi connectivity index (χ0n) is 10.8. The van der Waals surface area contributed by atoms with Gasteiger partial charge in [0.2, 0.25) is 0 Å². The van der Waals surface area contributed by atoms with E-state index in [9.17, 15) is 9.59 Å². The number of carboxylic acids is 1. The molecule has 6 nitrogen and oxygen atoms in total. The van der Waals surface area contributed by atoms with E-state index in [0.717, 1.165) is 25.9 Å². The lowest BCUT2D eigenvalue weighted by Gasteiger charge is -2.30. The molecule has 2 rings (SSSR count). The molecule has 1 aromatic rings. The van der Waals surface area contributed by atoms with E-state index in [1.165, 1.54) is 18.3 Å². The average molecular weight is 263 g/mol. The summed E-state index contributed by atoms with van der Waals surface area (Å²) < 4.78 is 0. The summed E-state index contributed by atoms with van der Waals surface area (Å²) in [6.07, 6.45) is 3.51. The number of carbonyl (C=O) groups is 2. The topological polar surface area (TPSA) is 82.5 Å². The number of rotatable bonds is 2. The Balaban J connectivity index is 2.02. The second-order valence-electron chi connectivity index (χ2n) is 4.86. The van der Waals surface area contributed by atoms with E-state index in [4.69, 9.17) is 5.11 Å². The molecular formula is C13H17N3O3. The molecule has 2 heterocycles. The molecule has 1 unspecified atom stereocenters. The van der Waals surface area contributed by atoms with Crippen LogP contribution in [0.5, 0.6) is 0 Å². The number of likely N-dealkylation sites (tertiary alicyclic amines) is 1. The van der Waals surface area contributed by atoms with E-state index >= 15 is 0 Å². The maximum absolute atomic E-state index is 12.0. The van der Waals surface area contributed by atoms with Crippen LogP contribution in [0.25, 0.3) is 0 Å². The van der Waals surface area contributed by atoms with Crippen LogP contribution in [-0.2, 0) is 0 Å². The molecule has 102 valence electrons. The normalized spacial score (nSPS) is 19.0. The molecule has 19 heavy (non-hydrogen) atoms. The molecule has 0 radical (unpaired) electrons. The molecule has 1 aromatic heterocycles. The van der Waals surface area contributed by atoms with Crippen LogP contribution < -0.4 is 5.32 Å². The molecule has 2 N–H and O–H groups in total. The fourth-order valence-corrected chi connectivity index (χ4v) is 2.19. The number of carbonyl (C=O) groups excluding carboxylic acids is 1. The van der Waals surface area contributed by atoms with Crippen LogP contribution in [-0.4, -0.2) is 40.1 Å². The lowest BCUT2D eigenvalue weighted by atomic mass is 10.0. The largest absolute Gasteiger partial charge is 0.478 e. The summed E-state index contributed by atoms with van der Waals surface area (Å²) in [7, 11) is 0. The molecule has 1 aliphatic rings. The fourth-order valence-electron chi connectivity index (χ4n) is 2.19. The molecule has 6 heteroatoms. The van der Waals surface area contributed by atoms with Crippen LogP contribution in [0, 0.1) is 5.92 Å². The number of aromatic nitrogens is 1. The minimum absolute atomic E-state index is 0.109. The molecule has 0 aromatic carbocycles. The molecule has 0 spiro atoms. The third-order valence-corrected chi connectivity index (χ3v) is 3.19. The van der Waals surface area contributed by atoms with Crippen molar-refractivity contribution < 1.29 is 14.7 Å². The number of carboxylic acid groups (broad SMARTS) is 1. The van der Waals surface area contributed by atoms with Crippen LogP contribution in [0.1, 0.15) is 30.1 Å². The smallest absolute Gasteiger partial charge is 0.335 e. The molecule has 1 aliphatic heterocycles. The van der Waals surface area contributed by atoms with Crippen LogP contribution >= 0.6 is 0 Å². The number of nitrogens with one attached hydrogen (secondary N) is 1. The number of nitrogens with zero attached hydrogens (tertiary/aromatic N) is 2. The first-order valence-electron chi connectivity index (χ1n) is 6.31. The molecule has 0 aliphatic carbocycles. The standard InChI is InChI=1S/C13H17N3O3/c1-9-3-2-6-16(8-9)13(19)15-11-7-10(12(17)18)4-5-14-11/h4-5,7,9H,2-3,6,8H2,1H3,(H,17,18)(H,14,15,19). The predicted octanol–water partition coefficient (Wildman–Crippen LogP) is 2.04. The maximum atomic E-state index is 12.0. The summed E-state index contributed by atoms with van der Waals surface area (Å²) in [5.41, 5.74) is 0.109. The Morgan fingerprint density at radius 1 is 1.53 bits per heavy atom. The summed E-state index contributed by atoms with van der Waals surface area (Å²) in [5, 5.41) is 11.5. The highest BCUT2D eigenvalue weighted by molar-refractivity contribution is 5.92. The molecule has 1 fully saturated rings. The van der Waals surface area contributed by atoms with Gasteiger partial charge < -0.3 is 10.0 Å². The summed E-state index contributed by atoms with van der Waals surface area (Å²) in [6, 6.07) is 2.52. The third-order valence-electron chi connectivity index (χ3n) is 3.19. The first-order chi connectivity index (χ1) is 9.06. The highest BCUT2D eigenvalue weighted by Crippen LogP contribution is 2.16. The molecular weight excluding hydrogens is 246 g/mol. The van der Waals surface area contributed by atoms with Gasteiger partial charge in [0.15, 0.2) is 0 Å². The first-order valence-corrected chi connectivity index (χ1v) is 6.31. The van der Waals surface area contributed by atoms with Crippen LogP contribution in [0.4, 0.5) is 10.6 Å². The van der Waals surface area contributed by atoms with Gasteiger partial charge in [0.05, 0.1) is 5.56 Å². The van der Waals surface area contributed by atoms with Gasteiger partial charge in [-0.05, 0) is 30.9 Å². The third kappa shape index (κ3) is 3.43. The lowest BCUT2D eigenvalue weighted by molar-refractivity contribution is 0.0696. The molecule has 0 saturated carbocycles. The average Bonchev–Trinajstić information content (AvgIpc) is 2.39. The predicted molar refractivity (Wildman–Crippen MR) is 70.2 cm³/mol. The highest BCUT2D eigenvalue weighted by atomic mass is 16.4. The summed E-state index contributed by atoms with van der Waals surface area (Å²) >= 11 is 0. The van der Waals surface area contributed by atoms with Crippen molar-refractivity contribution in [2.45, 2.75) is 19.8 Å². The number of piperidine rings is 1. The van der Waals surface area contributed by atoms with Gasteiger partial charge in [0.1, 0.15) is 5.82 Å². The van der Waals surface area contributed by atoms with Gasteiger partial charge in [-0.15, -0.1) is 0 Å². The van der Waals surface area contributed by atoms with Crippen LogP contribution in [0.2, 0.25) is 0 Å². The SMILES string of the molecule is CC1CCCN(C(=O)Nc2cc(C(=O)O)ccn2)C1. The highest BCUT2D eigenvalue weighted by Gasteiger charge is 2.21. The second kappa shape index (κ2) is 5.69. The number of amides is 2. The van der Waals surface area contributed by atoms with E-state index in [-0.39, 0.29) is 17.4 Å². The van der Waals surface area contributed by atoms with E-state index in [1.807, 2.05) is 0 Å². The first kappa shape index (κ1) is 13.3. The number of urea groups is 1. The Labute approximate surface area is 111 Å². The van der Waals surface area contributed by atoms with Crippen molar-refractivity contribution in [3.63, 3.8) is 0 Å². The van der Waals surface area contributed by atoms with Gasteiger partial charge in [-0.1, -0.05) is 6.92 Å². The Hall–Kier alpha value is -2.11. The Morgan fingerprint density at radius 2 is 2.32 bits per heavy atom. The summed E-state index contributed by atoms with van der Waals surface area (Å²) in [5.74, 6) is -0.273. The van der Waals surface area contributed by atoms with Gasteiger partial charge in [0.25, 0.3) is 0 Å². The van der Waals surface area contributed by atoms with Gasteiger partial charge in [-0.3, -0.25) is 5.32 Å². The quantitative estimate of drug-likeness (QED) is 0.855. The van der Waals surface area contributed by atoms with E-state index in [0.29, 0.717) is 5.92 Å². The monoisotopic (exact) mass is 263 g/mol. The molecule has 0 bridgehead atoms. The van der Waals surface area contributed by atoms with E-state index in [1.54, 1.807) is 4.90 Å².